The Morgan fingerprint density at radius 2 is 1.94 bits per heavy atom. The van der Waals surface area contributed by atoms with Crippen LogP contribution in [0.1, 0.15) is 55.3 Å². The lowest BCUT2D eigenvalue weighted by molar-refractivity contribution is -0.133. The standard InChI is InChI=1S/C26H31N3O3/c1-2-32-20-12-11-18-13-14-29(23(18)16-20)24(30)15-17-7-9-19(10-8-17)25-21-5-3-4-6-22(21)26(31)28-27-25/h7-12,16,21-22,25,27H,2-6,13-15H2,1H3,(H,28,31). The summed E-state index contributed by atoms with van der Waals surface area (Å²) in [5.74, 6) is 1.49. The number of fused-ring (bicyclic) bond motifs is 2. The van der Waals surface area contributed by atoms with E-state index in [1.807, 2.05) is 24.0 Å². The molecule has 5 rings (SSSR count). The lowest BCUT2D eigenvalue weighted by Crippen LogP contribution is -2.55. The third-order valence-electron chi connectivity index (χ3n) is 7.19. The Kier molecular flexibility index (Phi) is 5.87. The largest absolute Gasteiger partial charge is 0.494 e. The molecule has 0 aromatic heterocycles. The number of benzene rings is 2. The Balaban J connectivity index is 1.27. The van der Waals surface area contributed by atoms with E-state index in [0.29, 0.717) is 18.9 Å². The van der Waals surface area contributed by atoms with Gasteiger partial charge < -0.3 is 9.64 Å². The van der Waals surface area contributed by atoms with Crippen LogP contribution in [0.25, 0.3) is 0 Å². The molecule has 2 amide bonds. The van der Waals surface area contributed by atoms with E-state index < -0.39 is 0 Å². The number of rotatable bonds is 5. The molecule has 0 bridgehead atoms. The highest BCUT2D eigenvalue weighted by Gasteiger charge is 2.40. The Labute approximate surface area is 189 Å². The molecule has 3 aliphatic rings. The van der Waals surface area contributed by atoms with Crippen LogP contribution in [-0.2, 0) is 22.4 Å². The number of hydrogen-bond acceptors (Lipinski definition) is 4. The smallest absolute Gasteiger partial charge is 0.237 e. The van der Waals surface area contributed by atoms with Crippen LogP contribution in [-0.4, -0.2) is 25.0 Å². The number of hydrazine groups is 1. The molecule has 6 heteroatoms. The van der Waals surface area contributed by atoms with Gasteiger partial charge in [0.05, 0.1) is 24.8 Å². The Bertz CT molecular complexity index is 1000. The maximum atomic E-state index is 13.1. The molecule has 32 heavy (non-hydrogen) atoms. The predicted molar refractivity (Wildman–Crippen MR) is 123 cm³/mol. The van der Waals surface area contributed by atoms with Crippen molar-refractivity contribution in [1.29, 1.82) is 0 Å². The molecular formula is C26H31N3O3. The van der Waals surface area contributed by atoms with Crippen LogP contribution in [0.15, 0.2) is 42.5 Å². The van der Waals surface area contributed by atoms with E-state index in [4.69, 9.17) is 4.74 Å². The molecule has 3 atom stereocenters. The topological polar surface area (TPSA) is 70.7 Å². The van der Waals surface area contributed by atoms with Crippen molar-refractivity contribution in [3.8, 4) is 5.75 Å². The van der Waals surface area contributed by atoms with E-state index >= 15 is 0 Å². The van der Waals surface area contributed by atoms with Crippen molar-refractivity contribution in [3.63, 3.8) is 0 Å². The first-order chi connectivity index (χ1) is 15.6. The Morgan fingerprint density at radius 1 is 1.12 bits per heavy atom. The summed E-state index contributed by atoms with van der Waals surface area (Å²) in [5, 5.41) is 0. The molecule has 2 aromatic carbocycles. The van der Waals surface area contributed by atoms with Crippen molar-refractivity contribution >= 4 is 17.5 Å². The minimum atomic E-state index is 0.105. The monoisotopic (exact) mass is 433 g/mol. The minimum Gasteiger partial charge on any atom is -0.494 e. The quantitative estimate of drug-likeness (QED) is 0.754. The van der Waals surface area contributed by atoms with Crippen molar-refractivity contribution in [2.45, 2.75) is 51.5 Å². The Morgan fingerprint density at radius 3 is 2.75 bits per heavy atom. The zero-order valence-electron chi connectivity index (χ0n) is 18.6. The van der Waals surface area contributed by atoms with Gasteiger partial charge in [-0.3, -0.25) is 15.0 Å². The third-order valence-corrected chi connectivity index (χ3v) is 7.19. The second kappa shape index (κ2) is 8.94. The summed E-state index contributed by atoms with van der Waals surface area (Å²) < 4.78 is 5.62. The number of nitrogens with zero attached hydrogens (tertiary/aromatic N) is 1. The van der Waals surface area contributed by atoms with Crippen LogP contribution in [0, 0.1) is 11.8 Å². The molecule has 2 N–H and O–H groups in total. The van der Waals surface area contributed by atoms with E-state index in [0.717, 1.165) is 49.2 Å². The van der Waals surface area contributed by atoms with Gasteiger partial charge in [0, 0.05) is 18.5 Å². The number of anilines is 1. The van der Waals surface area contributed by atoms with Gasteiger partial charge in [0.2, 0.25) is 11.8 Å². The first kappa shape index (κ1) is 21.0. The first-order valence-electron chi connectivity index (χ1n) is 11.8. The molecule has 168 valence electrons. The second-order valence-corrected chi connectivity index (χ2v) is 9.10. The summed E-state index contributed by atoms with van der Waals surface area (Å²) in [6.45, 7) is 3.29. The summed E-state index contributed by atoms with van der Waals surface area (Å²) in [6, 6.07) is 14.5. The fourth-order valence-electron chi connectivity index (χ4n) is 5.55. The molecule has 0 radical (unpaired) electrons. The first-order valence-corrected chi connectivity index (χ1v) is 11.8. The van der Waals surface area contributed by atoms with Gasteiger partial charge in [-0.1, -0.05) is 43.2 Å². The second-order valence-electron chi connectivity index (χ2n) is 9.10. The SMILES string of the molecule is CCOc1ccc2c(c1)N(C(=O)Cc1ccc(C3NNC(=O)C4CCCCC43)cc1)CC2. The molecule has 2 aromatic rings. The summed E-state index contributed by atoms with van der Waals surface area (Å²) in [6.07, 6.45) is 5.63. The van der Waals surface area contributed by atoms with Crippen LogP contribution in [0.4, 0.5) is 5.69 Å². The average molecular weight is 434 g/mol. The normalized spacial score (nSPS) is 24.5. The maximum absolute atomic E-state index is 13.1. The van der Waals surface area contributed by atoms with Gasteiger partial charge in [-0.2, -0.15) is 0 Å². The molecule has 3 unspecified atom stereocenters. The number of hydrogen-bond donors (Lipinski definition) is 2. The molecule has 2 fully saturated rings. The average Bonchev–Trinajstić information content (AvgIpc) is 3.24. The van der Waals surface area contributed by atoms with Crippen LogP contribution < -0.4 is 20.5 Å². The summed E-state index contributed by atoms with van der Waals surface area (Å²) in [7, 11) is 0. The van der Waals surface area contributed by atoms with Gasteiger partial charge in [-0.25, -0.2) is 5.43 Å². The van der Waals surface area contributed by atoms with E-state index in [2.05, 4.69) is 41.2 Å². The number of amides is 2. The van der Waals surface area contributed by atoms with E-state index in [1.165, 1.54) is 17.5 Å². The van der Waals surface area contributed by atoms with E-state index in [-0.39, 0.29) is 23.8 Å². The highest BCUT2D eigenvalue weighted by atomic mass is 16.5. The molecule has 6 nitrogen and oxygen atoms in total. The summed E-state index contributed by atoms with van der Waals surface area (Å²) in [5.41, 5.74) is 10.5. The van der Waals surface area contributed by atoms with Crippen molar-refractivity contribution < 1.29 is 14.3 Å². The highest BCUT2D eigenvalue weighted by Crippen LogP contribution is 2.40. The minimum absolute atomic E-state index is 0.105. The van der Waals surface area contributed by atoms with E-state index in [1.54, 1.807) is 0 Å². The van der Waals surface area contributed by atoms with Gasteiger partial charge in [0.15, 0.2) is 0 Å². The molecule has 2 heterocycles. The maximum Gasteiger partial charge on any atom is 0.237 e. The molecule has 0 spiro atoms. The number of ether oxygens (including phenoxy) is 1. The molecule has 1 aliphatic carbocycles. The summed E-state index contributed by atoms with van der Waals surface area (Å²) >= 11 is 0. The van der Waals surface area contributed by atoms with Gasteiger partial charge in [-0.15, -0.1) is 0 Å². The number of carbonyl (C=O) groups is 2. The fourth-order valence-corrected chi connectivity index (χ4v) is 5.55. The lowest BCUT2D eigenvalue weighted by Gasteiger charge is -2.41. The Hall–Kier alpha value is -2.86. The molecule has 1 saturated heterocycles. The van der Waals surface area contributed by atoms with Crippen molar-refractivity contribution in [2.75, 3.05) is 18.1 Å². The zero-order chi connectivity index (χ0) is 22.1. The van der Waals surface area contributed by atoms with Crippen molar-refractivity contribution in [2.24, 2.45) is 11.8 Å². The highest BCUT2D eigenvalue weighted by molar-refractivity contribution is 5.97. The van der Waals surface area contributed by atoms with Gasteiger partial charge in [-0.05, 0) is 54.9 Å². The fraction of sp³-hybridized carbons (Fsp3) is 0.462. The lowest BCUT2D eigenvalue weighted by atomic mass is 9.72. The predicted octanol–water partition coefficient (Wildman–Crippen LogP) is 3.70. The van der Waals surface area contributed by atoms with E-state index in [9.17, 15) is 9.59 Å². The van der Waals surface area contributed by atoms with Gasteiger partial charge >= 0.3 is 0 Å². The number of nitrogens with one attached hydrogen (secondary N) is 2. The third kappa shape index (κ3) is 3.99. The van der Waals surface area contributed by atoms with Crippen LogP contribution >= 0.6 is 0 Å². The van der Waals surface area contributed by atoms with Crippen LogP contribution in [0.5, 0.6) is 5.75 Å². The molecule has 1 saturated carbocycles. The molecular weight excluding hydrogens is 402 g/mol. The molecule has 2 aliphatic heterocycles. The van der Waals surface area contributed by atoms with Crippen LogP contribution in [0.3, 0.4) is 0 Å². The number of carbonyl (C=O) groups excluding carboxylic acids is 2. The van der Waals surface area contributed by atoms with Crippen molar-refractivity contribution in [3.05, 3.63) is 59.2 Å². The summed E-state index contributed by atoms with van der Waals surface area (Å²) in [4.78, 5) is 27.2. The van der Waals surface area contributed by atoms with Gasteiger partial charge in [0.1, 0.15) is 5.75 Å². The van der Waals surface area contributed by atoms with Crippen molar-refractivity contribution in [1.82, 2.24) is 10.9 Å². The van der Waals surface area contributed by atoms with Crippen LogP contribution in [0.2, 0.25) is 0 Å². The van der Waals surface area contributed by atoms with Gasteiger partial charge in [0.25, 0.3) is 0 Å². The zero-order valence-corrected chi connectivity index (χ0v) is 18.6.